The van der Waals surface area contributed by atoms with Gasteiger partial charge in [-0.25, -0.2) is 10.4 Å². The summed E-state index contributed by atoms with van der Waals surface area (Å²) in [5.74, 6) is 0. The first kappa shape index (κ1) is 11.3. The van der Waals surface area contributed by atoms with Gasteiger partial charge in [0.25, 0.3) is 0 Å². The molecular formula is C8H18N4. The lowest BCUT2D eigenvalue weighted by Gasteiger charge is -2.33. The second-order valence-corrected chi connectivity index (χ2v) is 2.87. The van der Waals surface area contributed by atoms with Gasteiger partial charge in [0, 0.05) is 0 Å². The fourth-order valence-corrected chi connectivity index (χ4v) is 1.16. The molecule has 0 aromatic rings. The average Bonchev–Trinajstić information content (AvgIpc) is 2.13. The van der Waals surface area contributed by atoms with Crippen LogP contribution in [0.1, 0.15) is 20.3 Å². The molecule has 12 heavy (non-hydrogen) atoms. The molecular weight excluding hydrogens is 152 g/mol. The molecule has 0 saturated carbocycles. The summed E-state index contributed by atoms with van der Waals surface area (Å²) in [6.45, 7) is 4.06. The van der Waals surface area contributed by atoms with Gasteiger partial charge >= 0.3 is 0 Å². The largest absolute Gasteiger partial charge is 0.301 e. The van der Waals surface area contributed by atoms with Gasteiger partial charge in [0.05, 0.1) is 17.7 Å². The third-order valence-electron chi connectivity index (χ3n) is 2.31. The molecule has 0 fully saturated rings. The van der Waals surface area contributed by atoms with E-state index in [0.717, 1.165) is 6.42 Å². The van der Waals surface area contributed by atoms with Crippen molar-refractivity contribution in [2.24, 2.45) is 4.99 Å². The van der Waals surface area contributed by atoms with Crippen LogP contribution in [-0.4, -0.2) is 31.8 Å². The molecule has 0 aromatic carbocycles. The highest BCUT2D eigenvalue weighted by Gasteiger charge is 2.28. The summed E-state index contributed by atoms with van der Waals surface area (Å²) in [4.78, 5) is 3.95. The zero-order valence-corrected chi connectivity index (χ0v) is 8.23. The molecule has 0 aliphatic rings. The van der Waals surface area contributed by atoms with Crippen LogP contribution in [0.15, 0.2) is 4.99 Å². The summed E-state index contributed by atoms with van der Waals surface area (Å²) in [6, 6.07) is 2.13. The first-order valence-corrected chi connectivity index (χ1v) is 4.14. The Kier molecular flexibility index (Phi) is 4.74. The lowest BCUT2D eigenvalue weighted by Crippen LogP contribution is -2.58. The molecule has 0 spiro atoms. The van der Waals surface area contributed by atoms with E-state index in [0.29, 0.717) is 0 Å². The van der Waals surface area contributed by atoms with Crippen LogP contribution in [0.5, 0.6) is 0 Å². The highest BCUT2D eigenvalue weighted by molar-refractivity contribution is 5.36. The van der Waals surface area contributed by atoms with Crippen LogP contribution >= 0.6 is 0 Å². The quantitative estimate of drug-likeness (QED) is 0.419. The van der Waals surface area contributed by atoms with Gasteiger partial charge in [-0.05, 0) is 27.4 Å². The molecule has 0 radical (unpaired) electrons. The standard InChI is InChI=1S/C8H18N4/c1-5-7(12-6-9)8(2,10-3)11-4/h7,9-11H,5H2,1-4H3. The molecule has 3 N–H and O–H groups in total. The van der Waals surface area contributed by atoms with E-state index in [-0.39, 0.29) is 11.7 Å². The van der Waals surface area contributed by atoms with E-state index in [1.165, 1.54) is 0 Å². The number of nitrogens with zero attached hydrogens (tertiary/aromatic N) is 1. The van der Waals surface area contributed by atoms with Gasteiger partial charge in [0.15, 0.2) is 0 Å². The van der Waals surface area contributed by atoms with Crippen LogP contribution in [-0.2, 0) is 0 Å². The second kappa shape index (κ2) is 5.04. The summed E-state index contributed by atoms with van der Waals surface area (Å²) in [6.07, 6.45) is 0.879. The van der Waals surface area contributed by atoms with E-state index >= 15 is 0 Å². The monoisotopic (exact) mass is 170 g/mol. The average molecular weight is 170 g/mol. The van der Waals surface area contributed by atoms with Crippen molar-refractivity contribution in [3.8, 4) is 0 Å². The van der Waals surface area contributed by atoms with Crippen molar-refractivity contribution < 1.29 is 0 Å². The molecule has 0 amide bonds. The minimum atomic E-state index is -0.247. The Bertz CT molecular complexity index is 168. The number of hydrogen-bond acceptors (Lipinski definition) is 4. The Balaban J connectivity index is 4.53. The maximum absolute atomic E-state index is 6.79. The number of rotatable bonds is 5. The lowest BCUT2D eigenvalue weighted by atomic mass is 10.0. The maximum atomic E-state index is 6.79. The molecule has 0 aliphatic heterocycles. The summed E-state index contributed by atoms with van der Waals surface area (Å²) < 4.78 is 0. The highest BCUT2D eigenvalue weighted by Crippen LogP contribution is 2.11. The van der Waals surface area contributed by atoms with Gasteiger partial charge in [0.2, 0.25) is 0 Å². The van der Waals surface area contributed by atoms with Crippen molar-refractivity contribution in [3.05, 3.63) is 0 Å². The van der Waals surface area contributed by atoms with Crippen LogP contribution in [0.25, 0.3) is 0 Å². The van der Waals surface area contributed by atoms with Crippen LogP contribution < -0.4 is 10.6 Å². The van der Waals surface area contributed by atoms with Crippen LogP contribution in [0.3, 0.4) is 0 Å². The second-order valence-electron chi connectivity index (χ2n) is 2.87. The summed E-state index contributed by atoms with van der Waals surface area (Å²) >= 11 is 0. The summed E-state index contributed by atoms with van der Waals surface area (Å²) in [7, 11) is 3.75. The summed E-state index contributed by atoms with van der Waals surface area (Å²) in [5, 5.41) is 13.1. The van der Waals surface area contributed by atoms with Gasteiger partial charge < -0.3 is 10.6 Å². The van der Waals surface area contributed by atoms with E-state index in [2.05, 4.69) is 21.6 Å². The first-order valence-electron chi connectivity index (χ1n) is 4.14. The van der Waals surface area contributed by atoms with Gasteiger partial charge in [-0.2, -0.15) is 0 Å². The Morgan fingerprint density at radius 2 is 2.00 bits per heavy atom. The number of hydrogen-bond donors (Lipinski definition) is 3. The molecule has 0 saturated heterocycles. The van der Waals surface area contributed by atoms with Gasteiger partial charge in [-0.1, -0.05) is 6.92 Å². The minimum absolute atomic E-state index is 0.0463. The zero-order valence-electron chi connectivity index (χ0n) is 8.23. The normalized spacial score (nSPS) is 13.7. The van der Waals surface area contributed by atoms with E-state index in [9.17, 15) is 0 Å². The number of likely N-dealkylation sites (N-methyl/N-ethyl adjacent to an activating group) is 2. The predicted molar refractivity (Wildman–Crippen MR) is 50.8 cm³/mol. The Labute approximate surface area is 74.0 Å². The molecule has 0 aliphatic carbocycles. The van der Waals surface area contributed by atoms with Gasteiger partial charge in [-0.3, -0.25) is 0 Å². The van der Waals surface area contributed by atoms with E-state index in [4.69, 9.17) is 5.41 Å². The molecule has 4 nitrogen and oxygen atoms in total. The van der Waals surface area contributed by atoms with Crippen molar-refractivity contribution in [1.29, 1.82) is 5.41 Å². The maximum Gasteiger partial charge on any atom is 0.0917 e. The molecule has 0 aromatic heterocycles. The molecule has 1 unspecified atom stereocenters. The molecule has 70 valence electrons. The highest BCUT2D eigenvalue weighted by atomic mass is 15.2. The van der Waals surface area contributed by atoms with E-state index < -0.39 is 0 Å². The molecule has 0 heterocycles. The fourth-order valence-electron chi connectivity index (χ4n) is 1.16. The zero-order chi connectivity index (χ0) is 9.61. The van der Waals surface area contributed by atoms with Crippen molar-refractivity contribution in [2.75, 3.05) is 14.1 Å². The van der Waals surface area contributed by atoms with Gasteiger partial charge in [-0.15, -0.1) is 0 Å². The first-order chi connectivity index (χ1) is 5.64. The SMILES string of the molecule is CCC(N=C=N)C(C)(NC)NC. The van der Waals surface area contributed by atoms with Crippen molar-refractivity contribution >= 4 is 6.01 Å². The van der Waals surface area contributed by atoms with Crippen LogP contribution in [0.4, 0.5) is 0 Å². The molecule has 4 heteroatoms. The Morgan fingerprint density at radius 1 is 1.50 bits per heavy atom. The van der Waals surface area contributed by atoms with Crippen LogP contribution in [0.2, 0.25) is 0 Å². The Morgan fingerprint density at radius 3 is 2.25 bits per heavy atom. The topological polar surface area (TPSA) is 60.3 Å². The summed E-state index contributed by atoms with van der Waals surface area (Å²) in [5.41, 5.74) is -0.247. The van der Waals surface area contributed by atoms with E-state index in [1.54, 1.807) is 0 Å². The Hall–Kier alpha value is -0.700. The minimum Gasteiger partial charge on any atom is -0.301 e. The van der Waals surface area contributed by atoms with E-state index in [1.807, 2.05) is 27.9 Å². The van der Waals surface area contributed by atoms with Crippen molar-refractivity contribution in [2.45, 2.75) is 32.0 Å². The fraction of sp³-hybridized carbons (Fsp3) is 0.875. The predicted octanol–water partition coefficient (Wildman–Crippen LogP) is 0.673. The molecule has 0 bridgehead atoms. The third-order valence-corrected chi connectivity index (χ3v) is 2.31. The number of nitrogens with one attached hydrogen (secondary N) is 3. The smallest absolute Gasteiger partial charge is 0.0917 e. The van der Waals surface area contributed by atoms with Gasteiger partial charge in [0.1, 0.15) is 0 Å². The number of aliphatic imine (C=N–C) groups is 1. The van der Waals surface area contributed by atoms with Crippen molar-refractivity contribution in [1.82, 2.24) is 10.6 Å². The third kappa shape index (κ3) is 2.41. The lowest BCUT2D eigenvalue weighted by molar-refractivity contribution is 0.262. The molecule has 0 rings (SSSR count). The van der Waals surface area contributed by atoms with Crippen molar-refractivity contribution in [3.63, 3.8) is 0 Å². The molecule has 1 atom stereocenters. The van der Waals surface area contributed by atoms with Crippen LogP contribution in [0, 0.1) is 5.41 Å².